The van der Waals surface area contributed by atoms with Crippen LogP contribution in [-0.4, -0.2) is 50.8 Å². The molecule has 0 radical (unpaired) electrons. The maximum Gasteiger partial charge on any atom is 0.264 e. The van der Waals surface area contributed by atoms with Crippen LogP contribution in [0.15, 0.2) is 88.2 Å². The van der Waals surface area contributed by atoms with E-state index < -0.39 is 28.5 Å². The number of nitrogens with one attached hydrogen (secondary N) is 1. The van der Waals surface area contributed by atoms with E-state index >= 15 is 0 Å². The van der Waals surface area contributed by atoms with Crippen molar-refractivity contribution in [1.82, 2.24) is 10.2 Å². The summed E-state index contributed by atoms with van der Waals surface area (Å²) >= 11 is 3.41. The number of hydrogen-bond donors (Lipinski definition) is 1. The number of carbonyl (C=O) groups excluding carboxylic acids is 2. The van der Waals surface area contributed by atoms with Gasteiger partial charge in [-0.05, 0) is 62.6 Å². The summed E-state index contributed by atoms with van der Waals surface area (Å²) in [5, 5.41) is 2.90. The Hall–Kier alpha value is -3.17. The minimum atomic E-state index is -4.08. The van der Waals surface area contributed by atoms with E-state index in [1.165, 1.54) is 17.0 Å². The second-order valence-electron chi connectivity index (χ2n) is 9.45. The van der Waals surface area contributed by atoms with E-state index in [1.807, 2.05) is 44.2 Å². The van der Waals surface area contributed by atoms with Crippen molar-refractivity contribution in [2.24, 2.45) is 0 Å². The van der Waals surface area contributed by atoms with Crippen molar-refractivity contribution < 1.29 is 18.0 Å². The van der Waals surface area contributed by atoms with Crippen LogP contribution in [0.25, 0.3) is 0 Å². The van der Waals surface area contributed by atoms with Gasteiger partial charge in [-0.15, -0.1) is 0 Å². The molecule has 3 aromatic rings. The number of rotatable bonds is 13. The number of carbonyl (C=O) groups is 2. The standard InChI is InChI=1S/C30H36BrN3O4S/c1-4-5-19-32-30(36)24(3)33(20-18-25-10-7-6-8-11-25)29(35)22-34(27-13-9-12-26(31)21-27)39(37,38)28-16-14-23(2)15-17-28/h6-17,21,24H,4-5,18-20,22H2,1-3H3,(H,32,36)/t24-/m1/s1. The van der Waals surface area contributed by atoms with Crippen molar-refractivity contribution >= 4 is 43.5 Å². The van der Waals surface area contributed by atoms with Crippen LogP contribution in [0.2, 0.25) is 0 Å². The highest BCUT2D eigenvalue weighted by molar-refractivity contribution is 9.10. The molecule has 0 saturated carbocycles. The lowest BCUT2D eigenvalue weighted by Crippen LogP contribution is -2.52. The summed E-state index contributed by atoms with van der Waals surface area (Å²) in [7, 11) is -4.08. The molecule has 208 valence electrons. The minimum Gasteiger partial charge on any atom is -0.354 e. The van der Waals surface area contributed by atoms with Crippen molar-refractivity contribution in [2.75, 3.05) is 23.9 Å². The topological polar surface area (TPSA) is 86.8 Å². The fourth-order valence-electron chi connectivity index (χ4n) is 4.10. The largest absolute Gasteiger partial charge is 0.354 e. The molecule has 1 N–H and O–H groups in total. The first-order valence-electron chi connectivity index (χ1n) is 13.1. The first-order chi connectivity index (χ1) is 18.6. The first-order valence-corrected chi connectivity index (χ1v) is 15.3. The Morgan fingerprint density at radius 1 is 0.974 bits per heavy atom. The number of sulfonamides is 1. The Morgan fingerprint density at radius 3 is 2.31 bits per heavy atom. The Bertz CT molecular complexity index is 1350. The number of benzene rings is 3. The summed E-state index contributed by atoms with van der Waals surface area (Å²) in [5.41, 5.74) is 2.29. The Kier molecular flexibility index (Phi) is 11.1. The van der Waals surface area contributed by atoms with Crippen LogP contribution in [0, 0.1) is 6.92 Å². The fraction of sp³-hybridized carbons (Fsp3) is 0.333. The third-order valence-corrected chi connectivity index (χ3v) is 8.75. The van der Waals surface area contributed by atoms with Gasteiger partial charge in [0.25, 0.3) is 10.0 Å². The maximum atomic E-state index is 13.9. The maximum absolute atomic E-state index is 13.9. The molecular weight excluding hydrogens is 578 g/mol. The Balaban J connectivity index is 1.95. The van der Waals surface area contributed by atoms with Gasteiger partial charge >= 0.3 is 0 Å². The highest BCUT2D eigenvalue weighted by atomic mass is 79.9. The zero-order valence-electron chi connectivity index (χ0n) is 22.6. The van der Waals surface area contributed by atoms with E-state index in [9.17, 15) is 18.0 Å². The summed E-state index contributed by atoms with van der Waals surface area (Å²) < 4.78 is 29.5. The summed E-state index contributed by atoms with van der Waals surface area (Å²) in [4.78, 5) is 28.4. The average Bonchev–Trinajstić information content (AvgIpc) is 2.92. The predicted octanol–water partition coefficient (Wildman–Crippen LogP) is 5.33. The van der Waals surface area contributed by atoms with Gasteiger partial charge < -0.3 is 10.2 Å². The van der Waals surface area contributed by atoms with E-state index in [4.69, 9.17) is 0 Å². The molecule has 0 aliphatic heterocycles. The molecule has 0 saturated heterocycles. The molecule has 9 heteroatoms. The fourth-order valence-corrected chi connectivity index (χ4v) is 5.90. The van der Waals surface area contributed by atoms with Crippen molar-refractivity contribution in [1.29, 1.82) is 0 Å². The molecular formula is C30H36BrN3O4S. The van der Waals surface area contributed by atoms with Gasteiger partial charge in [-0.3, -0.25) is 13.9 Å². The lowest BCUT2D eigenvalue weighted by molar-refractivity contribution is -0.138. The van der Waals surface area contributed by atoms with Gasteiger partial charge in [0.15, 0.2) is 0 Å². The molecule has 39 heavy (non-hydrogen) atoms. The van der Waals surface area contributed by atoms with Crippen molar-refractivity contribution in [3.05, 3.63) is 94.5 Å². The van der Waals surface area contributed by atoms with E-state index in [2.05, 4.69) is 21.2 Å². The third-order valence-electron chi connectivity index (χ3n) is 6.47. The van der Waals surface area contributed by atoms with Gasteiger partial charge in [-0.25, -0.2) is 8.42 Å². The first kappa shape index (κ1) is 30.4. The number of nitrogens with zero attached hydrogens (tertiary/aromatic N) is 2. The molecule has 0 aromatic heterocycles. The van der Waals surface area contributed by atoms with E-state index in [1.54, 1.807) is 43.3 Å². The van der Waals surface area contributed by atoms with Gasteiger partial charge in [-0.1, -0.05) is 83.4 Å². The van der Waals surface area contributed by atoms with Crippen LogP contribution in [-0.2, 0) is 26.0 Å². The number of halogens is 1. The highest BCUT2D eigenvalue weighted by Crippen LogP contribution is 2.27. The van der Waals surface area contributed by atoms with Crippen molar-refractivity contribution in [3.8, 4) is 0 Å². The zero-order valence-corrected chi connectivity index (χ0v) is 25.0. The Morgan fingerprint density at radius 2 is 1.67 bits per heavy atom. The summed E-state index contributed by atoms with van der Waals surface area (Å²) in [5.74, 6) is -0.722. The lowest BCUT2D eigenvalue weighted by atomic mass is 10.1. The smallest absolute Gasteiger partial charge is 0.264 e. The molecule has 1 atom stereocenters. The van der Waals surface area contributed by atoms with Gasteiger partial charge in [0, 0.05) is 17.6 Å². The molecule has 3 rings (SSSR count). The molecule has 0 bridgehead atoms. The molecule has 0 heterocycles. The van der Waals surface area contributed by atoms with Crippen molar-refractivity contribution in [3.63, 3.8) is 0 Å². The molecule has 3 aromatic carbocycles. The molecule has 0 aliphatic rings. The van der Waals surface area contributed by atoms with E-state index in [0.717, 1.165) is 28.3 Å². The van der Waals surface area contributed by atoms with Gasteiger partial charge in [0.2, 0.25) is 11.8 Å². The van der Waals surface area contributed by atoms with Crippen LogP contribution >= 0.6 is 15.9 Å². The molecule has 2 amide bonds. The monoisotopic (exact) mass is 613 g/mol. The van der Waals surface area contributed by atoms with Crippen LogP contribution in [0.3, 0.4) is 0 Å². The predicted molar refractivity (Wildman–Crippen MR) is 159 cm³/mol. The normalized spacial score (nSPS) is 12.0. The van der Waals surface area contributed by atoms with Gasteiger partial charge in [0.05, 0.1) is 10.6 Å². The van der Waals surface area contributed by atoms with Crippen LogP contribution in [0.5, 0.6) is 0 Å². The average molecular weight is 615 g/mol. The summed E-state index contributed by atoms with van der Waals surface area (Å²) in [6.07, 6.45) is 2.30. The highest BCUT2D eigenvalue weighted by Gasteiger charge is 2.32. The zero-order chi connectivity index (χ0) is 28.4. The molecule has 0 unspecified atom stereocenters. The second kappa shape index (κ2) is 14.3. The summed E-state index contributed by atoms with van der Waals surface area (Å²) in [6, 6.07) is 22.3. The van der Waals surface area contributed by atoms with Gasteiger partial charge in [0.1, 0.15) is 12.6 Å². The van der Waals surface area contributed by atoms with E-state index in [0.29, 0.717) is 23.1 Å². The SMILES string of the molecule is CCCCNC(=O)[C@@H](C)N(CCc1ccccc1)C(=O)CN(c1cccc(Br)c1)S(=O)(=O)c1ccc(C)cc1. The number of hydrogen-bond acceptors (Lipinski definition) is 4. The molecule has 0 aliphatic carbocycles. The van der Waals surface area contributed by atoms with E-state index in [-0.39, 0.29) is 17.3 Å². The third kappa shape index (κ3) is 8.41. The number of anilines is 1. The number of unbranched alkanes of at least 4 members (excludes halogenated alkanes) is 1. The second-order valence-corrected chi connectivity index (χ2v) is 12.2. The van der Waals surface area contributed by atoms with Crippen LogP contribution in [0.4, 0.5) is 5.69 Å². The van der Waals surface area contributed by atoms with Crippen molar-refractivity contribution in [2.45, 2.75) is 51.0 Å². The lowest BCUT2D eigenvalue weighted by Gasteiger charge is -2.32. The summed E-state index contributed by atoms with van der Waals surface area (Å²) in [6.45, 7) is 5.93. The van der Waals surface area contributed by atoms with Crippen LogP contribution < -0.4 is 9.62 Å². The quantitative estimate of drug-likeness (QED) is 0.264. The van der Waals surface area contributed by atoms with Crippen LogP contribution in [0.1, 0.15) is 37.8 Å². The molecule has 0 spiro atoms. The molecule has 7 nitrogen and oxygen atoms in total. The molecule has 0 fully saturated rings. The number of aryl methyl sites for hydroxylation is 1. The van der Waals surface area contributed by atoms with Gasteiger partial charge in [-0.2, -0.15) is 0 Å². The number of amides is 2. The minimum absolute atomic E-state index is 0.0852. The Labute approximate surface area is 240 Å².